The maximum atomic E-state index is 14.2. The van der Waals surface area contributed by atoms with E-state index in [0.29, 0.717) is 23.7 Å². The summed E-state index contributed by atoms with van der Waals surface area (Å²) < 4.78 is 16.2. The van der Waals surface area contributed by atoms with E-state index in [1.165, 1.54) is 11.8 Å². The Balaban J connectivity index is 1.63. The molecule has 34 heavy (non-hydrogen) atoms. The monoisotopic (exact) mass is 476 g/mol. The van der Waals surface area contributed by atoms with Crippen molar-refractivity contribution in [3.63, 3.8) is 0 Å². The fourth-order valence-corrected chi connectivity index (χ4v) is 5.95. The molecule has 0 radical (unpaired) electrons. The van der Waals surface area contributed by atoms with Crippen LogP contribution < -0.4 is 24.0 Å². The molecule has 0 saturated carbocycles. The lowest BCUT2D eigenvalue weighted by molar-refractivity contribution is -0.123. The first-order valence-electron chi connectivity index (χ1n) is 10.8. The van der Waals surface area contributed by atoms with Crippen LogP contribution in [0.5, 0.6) is 17.2 Å². The number of carbonyl (C=O) groups is 2. The van der Waals surface area contributed by atoms with E-state index in [0.717, 1.165) is 22.6 Å². The van der Waals surface area contributed by atoms with Crippen LogP contribution in [0.15, 0.2) is 66.7 Å². The number of para-hydroxylation sites is 1. The third-order valence-electron chi connectivity index (χ3n) is 6.13. The quantitative estimate of drug-likeness (QED) is 0.532. The molecule has 1 atom stereocenters. The van der Waals surface area contributed by atoms with Gasteiger partial charge in [-0.3, -0.25) is 14.5 Å². The number of ether oxygens (including phenoxy) is 3. The summed E-state index contributed by atoms with van der Waals surface area (Å²) in [6, 6.07) is 20.6. The van der Waals surface area contributed by atoms with Crippen LogP contribution in [0, 0.1) is 0 Å². The first-order valence-corrected chi connectivity index (χ1v) is 11.7. The molecule has 7 nitrogen and oxygen atoms in total. The number of benzene rings is 3. The van der Waals surface area contributed by atoms with E-state index in [1.54, 1.807) is 49.3 Å². The highest BCUT2D eigenvalue weighted by Gasteiger charge is 2.61. The van der Waals surface area contributed by atoms with Gasteiger partial charge in [0.1, 0.15) is 17.2 Å². The summed E-state index contributed by atoms with van der Waals surface area (Å²) >= 11 is 1.34. The molecule has 1 saturated heterocycles. The smallest absolute Gasteiger partial charge is 0.269 e. The zero-order chi connectivity index (χ0) is 23.9. The van der Waals surface area contributed by atoms with E-state index in [9.17, 15) is 9.59 Å². The molecular weight excluding hydrogens is 452 g/mol. The molecule has 3 aromatic rings. The molecular formula is C26H24N2O5S. The summed E-state index contributed by atoms with van der Waals surface area (Å²) in [7, 11) is 4.73. The second-order valence-corrected chi connectivity index (χ2v) is 9.16. The number of carbonyl (C=O) groups excluding carboxylic acids is 2. The highest BCUT2D eigenvalue weighted by molar-refractivity contribution is 8.02. The number of fused-ring (bicyclic) bond motifs is 2. The van der Waals surface area contributed by atoms with Crippen LogP contribution >= 0.6 is 11.8 Å². The van der Waals surface area contributed by atoms with Gasteiger partial charge in [-0.25, -0.2) is 0 Å². The van der Waals surface area contributed by atoms with E-state index >= 15 is 0 Å². The normalized spacial score (nSPS) is 19.0. The molecule has 5 rings (SSSR count). The molecule has 0 N–H and O–H groups in total. The Morgan fingerprint density at radius 3 is 2.26 bits per heavy atom. The van der Waals surface area contributed by atoms with E-state index in [2.05, 4.69) is 0 Å². The number of amides is 2. The van der Waals surface area contributed by atoms with Crippen molar-refractivity contribution in [2.24, 2.45) is 0 Å². The second-order valence-electron chi connectivity index (χ2n) is 7.99. The Morgan fingerprint density at radius 1 is 0.853 bits per heavy atom. The first-order chi connectivity index (χ1) is 16.5. The maximum absolute atomic E-state index is 14.2. The number of rotatable bonds is 6. The second kappa shape index (κ2) is 8.61. The van der Waals surface area contributed by atoms with Crippen LogP contribution in [0.4, 0.5) is 11.4 Å². The third kappa shape index (κ3) is 3.37. The van der Waals surface area contributed by atoms with Crippen molar-refractivity contribution in [2.45, 2.75) is 11.4 Å². The van der Waals surface area contributed by atoms with Gasteiger partial charge >= 0.3 is 0 Å². The zero-order valence-corrected chi connectivity index (χ0v) is 19.9. The Bertz CT molecular complexity index is 1260. The average Bonchev–Trinajstić information content (AvgIpc) is 3.34. The van der Waals surface area contributed by atoms with Gasteiger partial charge < -0.3 is 19.1 Å². The van der Waals surface area contributed by atoms with E-state index in [-0.39, 0.29) is 17.6 Å². The number of hydrogen-bond donors (Lipinski definition) is 0. The van der Waals surface area contributed by atoms with Crippen molar-refractivity contribution < 1.29 is 23.8 Å². The number of hydrogen-bond acceptors (Lipinski definition) is 6. The number of anilines is 2. The Hall–Kier alpha value is -3.65. The van der Waals surface area contributed by atoms with Crippen LogP contribution in [0.25, 0.3) is 0 Å². The molecule has 1 spiro atoms. The van der Waals surface area contributed by atoms with E-state index < -0.39 is 4.87 Å². The summed E-state index contributed by atoms with van der Waals surface area (Å²) in [5.41, 5.74) is 3.07. The lowest BCUT2D eigenvalue weighted by Crippen LogP contribution is -2.49. The van der Waals surface area contributed by atoms with Crippen molar-refractivity contribution in [1.29, 1.82) is 0 Å². The molecule has 1 fully saturated rings. The lowest BCUT2D eigenvalue weighted by Gasteiger charge is -2.33. The minimum Gasteiger partial charge on any atom is -0.497 e. The van der Waals surface area contributed by atoms with Gasteiger partial charge in [0, 0.05) is 23.8 Å². The molecule has 2 amide bonds. The Labute approximate surface area is 202 Å². The summed E-state index contributed by atoms with van der Waals surface area (Å²) in [5, 5.41) is 0. The summed E-state index contributed by atoms with van der Waals surface area (Å²) in [4.78, 5) is 29.6. The summed E-state index contributed by atoms with van der Waals surface area (Å²) in [6.45, 7) is 0.360. The Morgan fingerprint density at radius 2 is 1.56 bits per heavy atom. The third-order valence-corrected chi connectivity index (χ3v) is 7.52. The van der Waals surface area contributed by atoms with E-state index in [1.807, 2.05) is 48.5 Å². The van der Waals surface area contributed by atoms with Crippen molar-refractivity contribution in [3.05, 3.63) is 77.9 Å². The maximum Gasteiger partial charge on any atom is 0.269 e. The summed E-state index contributed by atoms with van der Waals surface area (Å²) in [5.74, 6) is 1.69. The summed E-state index contributed by atoms with van der Waals surface area (Å²) in [6.07, 6.45) is 0. The standard InChI is InChI=1S/C26H24N2O5S/c1-31-19-8-6-7-17(11-19)15-27-23-10-5-4-9-22(23)26(25(27)30)28(24(29)16-34-26)18-12-20(32-2)14-21(13-18)33-3/h4-14H,15-16H2,1-3H3. The molecule has 0 aliphatic carbocycles. The molecule has 2 heterocycles. The molecule has 1 unspecified atom stereocenters. The predicted octanol–water partition coefficient (Wildman–Crippen LogP) is 4.19. The number of nitrogens with zero attached hydrogens (tertiary/aromatic N) is 2. The molecule has 174 valence electrons. The SMILES string of the molecule is COc1cccc(CN2C(=O)C3(SCC(=O)N3c3cc(OC)cc(OC)c3)c3ccccc32)c1. The van der Waals surface area contributed by atoms with Gasteiger partial charge in [0.15, 0.2) is 0 Å². The van der Waals surface area contributed by atoms with Gasteiger partial charge in [-0.2, -0.15) is 0 Å². The van der Waals surface area contributed by atoms with Gasteiger partial charge in [0.2, 0.25) is 10.8 Å². The van der Waals surface area contributed by atoms with Crippen LogP contribution in [-0.4, -0.2) is 38.9 Å². The van der Waals surface area contributed by atoms with Crippen LogP contribution in [0.1, 0.15) is 11.1 Å². The fourth-order valence-electron chi connectivity index (χ4n) is 4.59. The molecule has 8 heteroatoms. The van der Waals surface area contributed by atoms with Crippen molar-refractivity contribution in [3.8, 4) is 17.2 Å². The van der Waals surface area contributed by atoms with Gasteiger partial charge in [0.05, 0.1) is 45.0 Å². The van der Waals surface area contributed by atoms with Crippen LogP contribution in [-0.2, 0) is 21.0 Å². The molecule has 0 bridgehead atoms. The van der Waals surface area contributed by atoms with E-state index in [4.69, 9.17) is 14.2 Å². The minimum absolute atomic E-state index is 0.147. The topological polar surface area (TPSA) is 68.3 Å². The molecule has 0 aromatic heterocycles. The highest BCUT2D eigenvalue weighted by atomic mass is 32.2. The highest BCUT2D eigenvalue weighted by Crippen LogP contribution is 2.56. The Kier molecular flexibility index (Phi) is 5.61. The van der Waals surface area contributed by atoms with Crippen molar-refractivity contribution in [1.82, 2.24) is 0 Å². The van der Waals surface area contributed by atoms with Gasteiger partial charge in [-0.1, -0.05) is 30.3 Å². The van der Waals surface area contributed by atoms with Gasteiger partial charge in [-0.15, -0.1) is 11.8 Å². The fraction of sp³-hybridized carbons (Fsp3) is 0.231. The van der Waals surface area contributed by atoms with Gasteiger partial charge in [-0.05, 0) is 23.8 Å². The number of methoxy groups -OCH3 is 3. The molecule has 2 aliphatic heterocycles. The molecule has 3 aromatic carbocycles. The lowest BCUT2D eigenvalue weighted by atomic mass is 10.0. The largest absolute Gasteiger partial charge is 0.497 e. The van der Waals surface area contributed by atoms with Crippen LogP contribution in [0.3, 0.4) is 0 Å². The molecule has 2 aliphatic rings. The van der Waals surface area contributed by atoms with Gasteiger partial charge in [0.25, 0.3) is 5.91 Å². The van der Waals surface area contributed by atoms with Crippen molar-refractivity contribution in [2.75, 3.05) is 36.9 Å². The number of thioether (sulfide) groups is 1. The first kappa shape index (κ1) is 22.2. The van der Waals surface area contributed by atoms with Crippen LogP contribution in [0.2, 0.25) is 0 Å². The van der Waals surface area contributed by atoms with Crippen molar-refractivity contribution >= 4 is 35.0 Å². The average molecular weight is 477 g/mol. The minimum atomic E-state index is -1.20. The zero-order valence-electron chi connectivity index (χ0n) is 19.1. The predicted molar refractivity (Wildman–Crippen MR) is 132 cm³/mol.